The minimum atomic E-state index is -0.659. The second-order valence-corrected chi connectivity index (χ2v) is 18.5. The van der Waals surface area contributed by atoms with E-state index in [1.54, 1.807) is 0 Å². The molecule has 0 amide bonds. The standard InChI is InChI=1S/C60H42N4/c1-61-49-31-10-4-19-37(49)58(38-20-5-11-32-50(38)61)43-25-16-27-45-55(43)64-56-44(58)26-17-28-46(56)60(41-23-8-14-35-53(41)63(3)54-36-15-9-24-42(54)60)48-30-18-29-47(57(48)64)59(45)39-21-6-12-33-51(39)62(2)52-34-13-7-22-40(52)59/h4-36H,1-3H3. The topological polar surface area (TPSA) is 13.0 Å². The van der Waals surface area contributed by atoms with Gasteiger partial charge in [0.15, 0.2) is 0 Å². The van der Waals surface area contributed by atoms with Gasteiger partial charge in [0.2, 0.25) is 0 Å². The maximum absolute atomic E-state index is 2.75. The van der Waals surface area contributed by atoms with Crippen LogP contribution in [0.3, 0.4) is 0 Å². The SMILES string of the molecule is CN1c2ccccc2C2(c3ccccc31)c1cccc3c1N1c4c2cccc4C2(c4ccccc4N(C)c4ccccc42)c2cccc(c21)C31c2ccccc2N(C)c2ccccc21. The molecule has 0 aliphatic carbocycles. The second kappa shape index (κ2) is 11.6. The van der Waals surface area contributed by atoms with Gasteiger partial charge in [-0.15, -0.1) is 0 Å². The van der Waals surface area contributed by atoms with Gasteiger partial charge in [-0.2, -0.15) is 0 Å². The molecule has 15 rings (SSSR count). The minimum Gasteiger partial charge on any atom is -0.344 e. The molecule has 0 N–H and O–H groups in total. The molecule has 6 aliphatic heterocycles. The van der Waals surface area contributed by atoms with E-state index in [2.05, 4.69) is 241 Å². The summed E-state index contributed by atoms with van der Waals surface area (Å²) in [6, 6.07) is 77.1. The van der Waals surface area contributed by atoms with Crippen molar-refractivity contribution >= 4 is 51.2 Å². The molecule has 4 nitrogen and oxygen atoms in total. The molecular formula is C60H42N4. The molecule has 0 fully saturated rings. The van der Waals surface area contributed by atoms with Gasteiger partial charge in [-0.1, -0.05) is 164 Å². The zero-order valence-corrected chi connectivity index (χ0v) is 35.8. The molecule has 4 heteroatoms. The number of para-hydroxylation sites is 9. The average Bonchev–Trinajstić information content (AvgIpc) is 3.36. The lowest BCUT2D eigenvalue weighted by Crippen LogP contribution is -2.51. The first kappa shape index (κ1) is 34.7. The van der Waals surface area contributed by atoms with Crippen molar-refractivity contribution in [2.45, 2.75) is 16.2 Å². The summed E-state index contributed by atoms with van der Waals surface area (Å²) in [5.41, 5.74) is 25.0. The lowest BCUT2D eigenvalue weighted by molar-refractivity contribution is 0.644. The van der Waals surface area contributed by atoms with Crippen LogP contribution in [0.25, 0.3) is 0 Å². The molecule has 0 atom stereocenters. The van der Waals surface area contributed by atoms with Gasteiger partial charge < -0.3 is 19.6 Å². The molecule has 3 spiro atoms. The van der Waals surface area contributed by atoms with Crippen molar-refractivity contribution in [3.8, 4) is 0 Å². The zero-order valence-electron chi connectivity index (χ0n) is 35.8. The smallest absolute Gasteiger partial charge is 0.0782 e. The third-order valence-corrected chi connectivity index (χ3v) is 16.2. The van der Waals surface area contributed by atoms with E-state index in [4.69, 9.17) is 0 Å². The van der Waals surface area contributed by atoms with Crippen LogP contribution in [0.5, 0.6) is 0 Å². The molecular weight excluding hydrogens is 777 g/mol. The van der Waals surface area contributed by atoms with Gasteiger partial charge in [-0.05, 0) is 103 Å². The number of hydrogen-bond acceptors (Lipinski definition) is 4. The Morgan fingerprint density at radius 2 is 0.391 bits per heavy atom. The fourth-order valence-electron chi connectivity index (χ4n) is 14.0. The van der Waals surface area contributed by atoms with Crippen LogP contribution in [0.1, 0.15) is 66.8 Å². The van der Waals surface area contributed by atoms with Crippen LogP contribution < -0.4 is 19.6 Å². The Hall–Kier alpha value is -7.82. The third kappa shape index (κ3) is 3.54. The maximum atomic E-state index is 2.75. The largest absolute Gasteiger partial charge is 0.344 e. The number of benzene rings is 9. The highest BCUT2D eigenvalue weighted by Crippen LogP contribution is 2.75. The first-order valence-corrected chi connectivity index (χ1v) is 22.6. The summed E-state index contributed by atoms with van der Waals surface area (Å²) in [5.74, 6) is 0. The van der Waals surface area contributed by atoms with Crippen molar-refractivity contribution in [3.63, 3.8) is 0 Å². The highest BCUT2D eigenvalue weighted by atomic mass is 15.2. The van der Waals surface area contributed by atoms with Gasteiger partial charge in [0.05, 0.1) is 33.3 Å². The number of hydrogen-bond donors (Lipinski definition) is 0. The molecule has 64 heavy (non-hydrogen) atoms. The molecule has 302 valence electrons. The Balaban J connectivity index is 1.24. The van der Waals surface area contributed by atoms with E-state index in [0.717, 1.165) is 0 Å². The molecule has 9 aromatic carbocycles. The van der Waals surface area contributed by atoms with Gasteiger partial charge in [0.1, 0.15) is 0 Å². The Kier molecular flexibility index (Phi) is 6.29. The lowest BCUT2D eigenvalue weighted by Gasteiger charge is -2.60. The van der Waals surface area contributed by atoms with Crippen molar-refractivity contribution in [1.29, 1.82) is 0 Å². The van der Waals surface area contributed by atoms with Crippen LogP contribution >= 0.6 is 0 Å². The molecule has 0 saturated carbocycles. The Morgan fingerprint density at radius 3 is 0.594 bits per heavy atom. The lowest BCUT2D eigenvalue weighted by atomic mass is 9.51. The van der Waals surface area contributed by atoms with Crippen LogP contribution in [0.15, 0.2) is 200 Å². The van der Waals surface area contributed by atoms with Crippen molar-refractivity contribution in [1.82, 2.24) is 0 Å². The number of nitrogens with zero attached hydrogens (tertiary/aromatic N) is 4. The van der Waals surface area contributed by atoms with Crippen molar-refractivity contribution < 1.29 is 0 Å². The van der Waals surface area contributed by atoms with Gasteiger partial charge in [0, 0.05) is 55.3 Å². The van der Waals surface area contributed by atoms with Crippen LogP contribution in [0.4, 0.5) is 51.2 Å². The Labute approximate surface area is 373 Å². The van der Waals surface area contributed by atoms with Crippen LogP contribution in [-0.4, -0.2) is 21.1 Å². The van der Waals surface area contributed by atoms with Gasteiger partial charge >= 0.3 is 0 Å². The predicted molar refractivity (Wildman–Crippen MR) is 261 cm³/mol. The monoisotopic (exact) mass is 818 g/mol. The van der Waals surface area contributed by atoms with Crippen LogP contribution in [0, 0.1) is 0 Å². The molecule has 6 heterocycles. The Bertz CT molecular complexity index is 2980. The van der Waals surface area contributed by atoms with Gasteiger partial charge in [-0.3, -0.25) is 0 Å². The molecule has 0 aromatic heterocycles. The van der Waals surface area contributed by atoms with Gasteiger partial charge in [-0.25, -0.2) is 0 Å². The molecule has 6 aliphatic rings. The quantitative estimate of drug-likeness (QED) is 0.151. The first-order valence-electron chi connectivity index (χ1n) is 22.6. The summed E-state index contributed by atoms with van der Waals surface area (Å²) in [7, 11) is 6.73. The number of anilines is 9. The third-order valence-electron chi connectivity index (χ3n) is 16.2. The average molecular weight is 819 g/mol. The molecule has 0 bridgehead atoms. The summed E-state index contributed by atoms with van der Waals surface area (Å²) in [5, 5.41) is 0. The van der Waals surface area contributed by atoms with Crippen LogP contribution in [-0.2, 0) is 16.2 Å². The fourth-order valence-corrected chi connectivity index (χ4v) is 14.0. The highest BCUT2D eigenvalue weighted by molar-refractivity contribution is 6.06. The number of fused-ring (bicyclic) bond motifs is 18. The summed E-state index contributed by atoms with van der Waals surface area (Å²) in [4.78, 5) is 9.99. The second-order valence-electron chi connectivity index (χ2n) is 18.5. The molecule has 0 radical (unpaired) electrons. The first-order chi connectivity index (χ1) is 31.5. The van der Waals surface area contributed by atoms with E-state index in [1.165, 1.54) is 118 Å². The van der Waals surface area contributed by atoms with Gasteiger partial charge in [0.25, 0.3) is 0 Å². The normalized spacial score (nSPS) is 16.9. The zero-order chi connectivity index (χ0) is 42.3. The van der Waals surface area contributed by atoms with Crippen molar-refractivity contribution in [3.05, 3.63) is 267 Å². The summed E-state index contributed by atoms with van der Waals surface area (Å²) in [6.07, 6.45) is 0. The molecule has 9 aromatic rings. The highest BCUT2D eigenvalue weighted by Gasteiger charge is 2.63. The predicted octanol–water partition coefficient (Wildman–Crippen LogP) is 13.5. The van der Waals surface area contributed by atoms with E-state index >= 15 is 0 Å². The van der Waals surface area contributed by atoms with Crippen molar-refractivity contribution in [2.24, 2.45) is 0 Å². The van der Waals surface area contributed by atoms with E-state index in [1.807, 2.05) is 0 Å². The molecule has 0 unspecified atom stereocenters. The Morgan fingerprint density at radius 1 is 0.219 bits per heavy atom. The van der Waals surface area contributed by atoms with E-state index in [0.29, 0.717) is 0 Å². The van der Waals surface area contributed by atoms with Crippen molar-refractivity contribution in [2.75, 3.05) is 40.7 Å². The molecule has 0 saturated heterocycles. The van der Waals surface area contributed by atoms with E-state index < -0.39 is 16.2 Å². The fraction of sp³-hybridized carbons (Fsp3) is 0.100. The van der Waals surface area contributed by atoms with Crippen LogP contribution in [0.2, 0.25) is 0 Å². The summed E-state index contributed by atoms with van der Waals surface area (Å²) in [6.45, 7) is 0. The van der Waals surface area contributed by atoms with E-state index in [-0.39, 0.29) is 0 Å². The number of rotatable bonds is 0. The summed E-state index contributed by atoms with van der Waals surface area (Å²) >= 11 is 0. The minimum absolute atomic E-state index is 0.659. The summed E-state index contributed by atoms with van der Waals surface area (Å²) < 4.78 is 0. The van der Waals surface area contributed by atoms with E-state index in [9.17, 15) is 0 Å². The maximum Gasteiger partial charge on any atom is 0.0782 e.